The van der Waals surface area contributed by atoms with Gasteiger partial charge in [0.1, 0.15) is 11.5 Å². The highest BCUT2D eigenvalue weighted by molar-refractivity contribution is 7.09. The zero-order valence-electron chi connectivity index (χ0n) is 13.6. The van der Waals surface area contributed by atoms with Crippen LogP contribution in [0.25, 0.3) is 0 Å². The van der Waals surface area contributed by atoms with Crippen molar-refractivity contribution in [3.8, 4) is 5.75 Å². The van der Waals surface area contributed by atoms with Gasteiger partial charge < -0.3 is 14.3 Å². The fourth-order valence-electron chi connectivity index (χ4n) is 2.63. The van der Waals surface area contributed by atoms with Crippen LogP contribution < -0.4 is 4.74 Å². The van der Waals surface area contributed by atoms with Gasteiger partial charge in [0.2, 0.25) is 0 Å². The molecule has 0 aliphatic carbocycles. The lowest BCUT2D eigenvalue weighted by atomic mass is 10.1. The Morgan fingerprint density at radius 1 is 1.17 bits per heavy atom. The van der Waals surface area contributed by atoms with Crippen molar-refractivity contribution in [3.05, 3.63) is 76.4 Å². The number of furan rings is 1. The highest BCUT2D eigenvalue weighted by Crippen LogP contribution is 2.22. The first kappa shape index (κ1) is 16.8. The first-order chi connectivity index (χ1) is 11.7. The predicted octanol–water partition coefficient (Wildman–Crippen LogP) is 4.09. The summed E-state index contributed by atoms with van der Waals surface area (Å²) in [7, 11) is 1.63. The molecule has 1 atom stereocenters. The van der Waals surface area contributed by atoms with Crippen LogP contribution in [0.4, 0.5) is 0 Å². The molecule has 4 nitrogen and oxygen atoms in total. The van der Waals surface area contributed by atoms with Gasteiger partial charge in [-0.1, -0.05) is 18.2 Å². The van der Waals surface area contributed by atoms with Crippen molar-refractivity contribution >= 4 is 11.3 Å². The Kier molecular flexibility index (Phi) is 5.69. The molecular formula is C19H21NO3S. The Bertz CT molecular complexity index is 689. The van der Waals surface area contributed by atoms with Gasteiger partial charge in [0.15, 0.2) is 0 Å². The zero-order valence-corrected chi connectivity index (χ0v) is 14.4. The third kappa shape index (κ3) is 4.47. The van der Waals surface area contributed by atoms with E-state index in [0.717, 1.165) is 23.6 Å². The van der Waals surface area contributed by atoms with Crippen molar-refractivity contribution in [2.75, 3.05) is 13.7 Å². The van der Waals surface area contributed by atoms with Crippen LogP contribution in [-0.4, -0.2) is 23.7 Å². The normalized spacial score (nSPS) is 12.5. The number of aliphatic hydroxyl groups excluding tert-OH is 1. The Labute approximate surface area is 145 Å². The number of hydrogen-bond acceptors (Lipinski definition) is 5. The van der Waals surface area contributed by atoms with Gasteiger partial charge in [-0.3, -0.25) is 4.90 Å². The van der Waals surface area contributed by atoms with Crippen LogP contribution in [0.3, 0.4) is 0 Å². The monoisotopic (exact) mass is 343 g/mol. The number of benzene rings is 1. The van der Waals surface area contributed by atoms with Gasteiger partial charge in [-0.15, -0.1) is 11.3 Å². The molecule has 0 bridgehead atoms. The van der Waals surface area contributed by atoms with Gasteiger partial charge in [0.25, 0.3) is 0 Å². The fraction of sp³-hybridized carbons (Fsp3) is 0.263. The second-order valence-electron chi connectivity index (χ2n) is 5.62. The lowest BCUT2D eigenvalue weighted by molar-refractivity contribution is 0.101. The highest BCUT2D eigenvalue weighted by Gasteiger charge is 2.16. The molecule has 0 saturated heterocycles. The number of rotatable bonds is 8. The summed E-state index contributed by atoms with van der Waals surface area (Å²) in [5.41, 5.74) is 0.852. The van der Waals surface area contributed by atoms with Crippen molar-refractivity contribution < 1.29 is 14.3 Å². The molecule has 0 radical (unpaired) electrons. The molecule has 0 aliphatic rings. The van der Waals surface area contributed by atoms with E-state index >= 15 is 0 Å². The number of hydrogen-bond donors (Lipinski definition) is 1. The number of thiophene rings is 1. The predicted molar refractivity (Wildman–Crippen MR) is 95.1 cm³/mol. The van der Waals surface area contributed by atoms with Crippen LogP contribution in [0.5, 0.6) is 5.75 Å². The van der Waals surface area contributed by atoms with Crippen LogP contribution in [0.15, 0.2) is 64.6 Å². The summed E-state index contributed by atoms with van der Waals surface area (Å²) in [5, 5.41) is 12.7. The fourth-order valence-corrected chi connectivity index (χ4v) is 3.38. The highest BCUT2D eigenvalue weighted by atomic mass is 32.1. The molecule has 3 aromatic rings. The van der Waals surface area contributed by atoms with Crippen molar-refractivity contribution in [3.63, 3.8) is 0 Å². The molecule has 126 valence electrons. The van der Waals surface area contributed by atoms with Gasteiger partial charge in [0, 0.05) is 18.0 Å². The van der Waals surface area contributed by atoms with Crippen LogP contribution in [-0.2, 0) is 13.1 Å². The number of methoxy groups -OCH3 is 1. The van der Waals surface area contributed by atoms with E-state index in [2.05, 4.69) is 16.3 Å². The van der Waals surface area contributed by atoms with Crippen LogP contribution in [0.1, 0.15) is 22.3 Å². The van der Waals surface area contributed by atoms with Gasteiger partial charge in [0.05, 0.1) is 26.0 Å². The van der Waals surface area contributed by atoms with E-state index in [1.54, 1.807) is 24.7 Å². The number of aliphatic hydroxyl groups is 1. The number of nitrogens with zero attached hydrogens (tertiary/aromatic N) is 1. The molecule has 0 saturated carbocycles. The van der Waals surface area contributed by atoms with Gasteiger partial charge >= 0.3 is 0 Å². The van der Waals surface area contributed by atoms with Gasteiger partial charge in [-0.05, 0) is 41.3 Å². The molecule has 0 fully saturated rings. The van der Waals surface area contributed by atoms with E-state index in [9.17, 15) is 5.11 Å². The van der Waals surface area contributed by atoms with E-state index in [-0.39, 0.29) is 0 Å². The first-order valence-corrected chi connectivity index (χ1v) is 8.71. The van der Waals surface area contributed by atoms with Gasteiger partial charge in [-0.2, -0.15) is 0 Å². The van der Waals surface area contributed by atoms with E-state index in [4.69, 9.17) is 9.15 Å². The Morgan fingerprint density at radius 3 is 2.79 bits per heavy atom. The van der Waals surface area contributed by atoms with Crippen molar-refractivity contribution in [2.24, 2.45) is 0 Å². The molecular weight excluding hydrogens is 322 g/mol. The second kappa shape index (κ2) is 8.15. The third-order valence-electron chi connectivity index (χ3n) is 3.83. The maximum absolute atomic E-state index is 10.6. The van der Waals surface area contributed by atoms with Crippen molar-refractivity contribution in [1.82, 2.24) is 4.90 Å². The molecule has 24 heavy (non-hydrogen) atoms. The molecule has 1 unspecified atom stereocenters. The van der Waals surface area contributed by atoms with E-state index in [0.29, 0.717) is 13.1 Å². The quantitative estimate of drug-likeness (QED) is 0.669. The molecule has 5 heteroatoms. The first-order valence-electron chi connectivity index (χ1n) is 7.83. The molecule has 0 amide bonds. The van der Waals surface area contributed by atoms with Crippen molar-refractivity contribution in [2.45, 2.75) is 19.2 Å². The minimum atomic E-state index is -0.588. The summed E-state index contributed by atoms with van der Waals surface area (Å²) >= 11 is 1.72. The summed E-state index contributed by atoms with van der Waals surface area (Å²) in [5.74, 6) is 1.65. The van der Waals surface area contributed by atoms with Crippen LogP contribution in [0.2, 0.25) is 0 Å². The van der Waals surface area contributed by atoms with Gasteiger partial charge in [-0.25, -0.2) is 0 Å². The summed E-state index contributed by atoms with van der Waals surface area (Å²) in [4.78, 5) is 3.45. The van der Waals surface area contributed by atoms with Crippen LogP contribution in [0, 0.1) is 0 Å². The summed E-state index contributed by atoms with van der Waals surface area (Å²) in [6.45, 7) is 1.96. The average Bonchev–Trinajstić information content (AvgIpc) is 3.29. The topological polar surface area (TPSA) is 45.8 Å². The molecule has 2 aromatic heterocycles. The van der Waals surface area contributed by atoms with Crippen LogP contribution >= 0.6 is 11.3 Å². The standard InChI is InChI=1S/C19H21NO3S/c1-22-16-6-2-5-15(11-16)19(21)14-20(12-17-7-3-9-23-17)13-18-8-4-10-24-18/h2-11,19,21H,12-14H2,1H3. The lowest BCUT2D eigenvalue weighted by Crippen LogP contribution is -2.27. The maximum atomic E-state index is 10.6. The summed E-state index contributed by atoms with van der Waals surface area (Å²) in [6, 6.07) is 15.6. The molecule has 2 heterocycles. The third-order valence-corrected chi connectivity index (χ3v) is 4.69. The smallest absolute Gasteiger partial charge is 0.119 e. The Morgan fingerprint density at radius 2 is 2.08 bits per heavy atom. The summed E-state index contributed by atoms with van der Waals surface area (Å²) < 4.78 is 10.7. The van der Waals surface area contributed by atoms with E-state index in [1.165, 1.54) is 4.88 Å². The average molecular weight is 343 g/mol. The summed E-state index contributed by atoms with van der Waals surface area (Å²) in [6.07, 6.45) is 1.09. The van der Waals surface area contributed by atoms with E-state index < -0.39 is 6.10 Å². The molecule has 0 spiro atoms. The molecule has 0 aliphatic heterocycles. The largest absolute Gasteiger partial charge is 0.497 e. The van der Waals surface area contributed by atoms with E-state index in [1.807, 2.05) is 42.5 Å². The molecule has 1 aromatic carbocycles. The van der Waals surface area contributed by atoms with Crippen molar-refractivity contribution in [1.29, 1.82) is 0 Å². The SMILES string of the molecule is COc1cccc(C(O)CN(Cc2ccco2)Cc2cccs2)c1. The minimum Gasteiger partial charge on any atom is -0.497 e. The second-order valence-corrected chi connectivity index (χ2v) is 6.65. The molecule has 1 N–H and O–H groups in total. The maximum Gasteiger partial charge on any atom is 0.119 e. The Hall–Kier alpha value is -2.08. The Balaban J connectivity index is 1.71. The molecule has 3 rings (SSSR count). The lowest BCUT2D eigenvalue weighted by Gasteiger charge is -2.24. The zero-order chi connectivity index (χ0) is 16.8. The number of ether oxygens (including phenoxy) is 1. The minimum absolute atomic E-state index is 0.520.